The zero-order valence-electron chi connectivity index (χ0n) is 14.0. The summed E-state index contributed by atoms with van der Waals surface area (Å²) in [5.41, 5.74) is 0.747. The van der Waals surface area contributed by atoms with Gasteiger partial charge in [-0.15, -0.1) is 0 Å². The molecule has 3 heterocycles. The van der Waals surface area contributed by atoms with Crippen molar-refractivity contribution in [2.75, 3.05) is 39.3 Å². The van der Waals surface area contributed by atoms with Crippen molar-refractivity contribution in [3.8, 4) is 0 Å². The summed E-state index contributed by atoms with van der Waals surface area (Å²) in [6.07, 6.45) is 2.66. The van der Waals surface area contributed by atoms with E-state index in [4.69, 9.17) is 4.52 Å². The first-order valence-corrected chi connectivity index (χ1v) is 9.82. The summed E-state index contributed by atoms with van der Waals surface area (Å²) in [5.74, 6) is 0.495. The fraction of sp³-hybridized carbons (Fsp3) is 0.733. The Balaban J connectivity index is 1.59. The number of carbonyl (C=O) groups is 1. The summed E-state index contributed by atoms with van der Waals surface area (Å²) in [6, 6.07) is 1.75. The molecule has 2 aliphatic rings. The van der Waals surface area contributed by atoms with Crippen LogP contribution in [-0.4, -0.2) is 72.3 Å². The van der Waals surface area contributed by atoms with Crippen LogP contribution in [0.15, 0.2) is 10.6 Å². The Hall–Kier alpha value is -1.45. The molecule has 134 valence electrons. The summed E-state index contributed by atoms with van der Waals surface area (Å²) in [5, 5.41) is 3.78. The number of amides is 1. The number of hydrogen-bond acceptors (Lipinski definition) is 5. The average Bonchev–Trinajstić information content (AvgIpc) is 3.14. The molecule has 8 nitrogen and oxygen atoms in total. The van der Waals surface area contributed by atoms with Gasteiger partial charge in [-0.3, -0.25) is 4.79 Å². The highest BCUT2D eigenvalue weighted by Crippen LogP contribution is 2.18. The number of rotatable bonds is 4. The maximum absolute atomic E-state index is 12.6. The van der Waals surface area contributed by atoms with E-state index in [1.54, 1.807) is 15.3 Å². The number of hydrogen-bond donors (Lipinski definition) is 0. The highest BCUT2D eigenvalue weighted by molar-refractivity contribution is 7.86. The Labute approximate surface area is 142 Å². The quantitative estimate of drug-likeness (QED) is 0.779. The van der Waals surface area contributed by atoms with Gasteiger partial charge in [0.2, 0.25) is 5.91 Å². The minimum Gasteiger partial charge on any atom is -0.361 e. The summed E-state index contributed by atoms with van der Waals surface area (Å²) >= 11 is 0. The Kier molecular flexibility index (Phi) is 5.21. The fourth-order valence-electron chi connectivity index (χ4n) is 3.22. The lowest BCUT2D eigenvalue weighted by molar-refractivity contribution is -0.130. The van der Waals surface area contributed by atoms with E-state index in [0.29, 0.717) is 51.4 Å². The lowest BCUT2D eigenvalue weighted by atomic mass is 10.2. The number of aromatic nitrogens is 1. The fourth-order valence-corrected chi connectivity index (χ4v) is 4.93. The third kappa shape index (κ3) is 3.79. The van der Waals surface area contributed by atoms with Gasteiger partial charge in [0.05, 0.1) is 12.1 Å². The van der Waals surface area contributed by atoms with E-state index in [9.17, 15) is 13.2 Å². The van der Waals surface area contributed by atoms with Crippen molar-refractivity contribution < 1.29 is 17.7 Å². The Morgan fingerprint density at radius 3 is 2.42 bits per heavy atom. The molecule has 0 aliphatic carbocycles. The van der Waals surface area contributed by atoms with Crippen molar-refractivity contribution in [2.24, 2.45) is 0 Å². The lowest BCUT2D eigenvalue weighted by Gasteiger charge is -2.26. The molecule has 2 aliphatic heterocycles. The largest absolute Gasteiger partial charge is 0.361 e. The van der Waals surface area contributed by atoms with E-state index >= 15 is 0 Å². The first kappa shape index (κ1) is 17.4. The topological polar surface area (TPSA) is 87.0 Å². The van der Waals surface area contributed by atoms with Gasteiger partial charge in [-0.1, -0.05) is 5.16 Å². The zero-order chi connectivity index (χ0) is 17.2. The van der Waals surface area contributed by atoms with Gasteiger partial charge >= 0.3 is 0 Å². The summed E-state index contributed by atoms with van der Waals surface area (Å²) in [4.78, 5) is 14.1. The van der Waals surface area contributed by atoms with E-state index in [1.165, 1.54) is 4.31 Å². The Bertz CT molecular complexity index is 681. The van der Waals surface area contributed by atoms with Crippen molar-refractivity contribution >= 4 is 16.1 Å². The molecule has 0 bridgehead atoms. The van der Waals surface area contributed by atoms with Crippen LogP contribution in [0.5, 0.6) is 0 Å². The Morgan fingerprint density at radius 1 is 1.08 bits per heavy atom. The first-order chi connectivity index (χ1) is 11.5. The molecule has 0 atom stereocenters. The van der Waals surface area contributed by atoms with Crippen LogP contribution in [0.2, 0.25) is 0 Å². The van der Waals surface area contributed by atoms with E-state index in [1.807, 2.05) is 6.92 Å². The van der Waals surface area contributed by atoms with Gasteiger partial charge in [0.1, 0.15) is 5.76 Å². The van der Waals surface area contributed by atoms with Gasteiger partial charge in [-0.2, -0.15) is 17.0 Å². The Morgan fingerprint density at radius 2 is 1.75 bits per heavy atom. The summed E-state index contributed by atoms with van der Waals surface area (Å²) < 4.78 is 33.4. The van der Waals surface area contributed by atoms with E-state index < -0.39 is 10.2 Å². The third-order valence-corrected chi connectivity index (χ3v) is 6.56. The van der Waals surface area contributed by atoms with Crippen LogP contribution in [0.1, 0.15) is 30.7 Å². The molecule has 2 fully saturated rings. The lowest BCUT2D eigenvalue weighted by Crippen LogP contribution is -2.44. The van der Waals surface area contributed by atoms with Gasteiger partial charge in [-0.25, -0.2) is 0 Å². The number of carbonyl (C=O) groups excluding carboxylic acids is 1. The van der Waals surface area contributed by atoms with Crippen molar-refractivity contribution in [3.05, 3.63) is 17.5 Å². The minimum atomic E-state index is -3.39. The van der Waals surface area contributed by atoms with E-state index in [0.717, 1.165) is 18.5 Å². The monoisotopic (exact) mass is 356 g/mol. The van der Waals surface area contributed by atoms with Crippen LogP contribution in [-0.2, 0) is 21.4 Å². The second-order valence-electron chi connectivity index (χ2n) is 6.36. The second-order valence-corrected chi connectivity index (χ2v) is 8.29. The zero-order valence-corrected chi connectivity index (χ0v) is 14.8. The SMILES string of the molecule is Cc1cc(CC(=O)N2CCCN(S(=O)(=O)N3CCCC3)CC2)on1. The minimum absolute atomic E-state index is 0.0495. The first-order valence-electron chi connectivity index (χ1n) is 8.42. The molecule has 0 radical (unpaired) electrons. The molecule has 0 N–H and O–H groups in total. The molecule has 24 heavy (non-hydrogen) atoms. The van der Waals surface area contributed by atoms with E-state index in [2.05, 4.69) is 5.16 Å². The molecule has 0 unspecified atom stereocenters. The summed E-state index contributed by atoms with van der Waals surface area (Å²) in [6.45, 7) is 4.81. The summed E-state index contributed by atoms with van der Waals surface area (Å²) in [7, 11) is -3.39. The standard InChI is InChI=1S/C15H24N4O4S/c1-13-11-14(23-16-13)12-15(20)17-5-4-8-19(10-9-17)24(21,22)18-6-2-3-7-18/h11H,2-10,12H2,1H3. The van der Waals surface area contributed by atoms with Gasteiger partial charge in [-0.05, 0) is 26.2 Å². The average molecular weight is 356 g/mol. The van der Waals surface area contributed by atoms with Gasteiger partial charge < -0.3 is 9.42 Å². The van der Waals surface area contributed by atoms with Gasteiger partial charge in [0.25, 0.3) is 10.2 Å². The highest BCUT2D eigenvalue weighted by atomic mass is 32.2. The van der Waals surface area contributed by atoms with Crippen molar-refractivity contribution in [1.82, 2.24) is 18.7 Å². The number of aryl methyl sites for hydroxylation is 1. The molecule has 0 aromatic carbocycles. The predicted molar refractivity (Wildman–Crippen MR) is 87.4 cm³/mol. The van der Waals surface area contributed by atoms with Crippen molar-refractivity contribution in [3.63, 3.8) is 0 Å². The molecule has 0 saturated carbocycles. The highest BCUT2D eigenvalue weighted by Gasteiger charge is 2.33. The molecule has 1 aromatic heterocycles. The smallest absolute Gasteiger partial charge is 0.282 e. The van der Waals surface area contributed by atoms with Gasteiger partial charge in [0, 0.05) is 45.3 Å². The predicted octanol–water partition coefficient (Wildman–Crippen LogP) is 0.400. The molecule has 1 amide bonds. The normalized spacial score (nSPS) is 21.1. The molecule has 3 rings (SSSR count). The van der Waals surface area contributed by atoms with Crippen LogP contribution in [0.3, 0.4) is 0 Å². The maximum Gasteiger partial charge on any atom is 0.282 e. The molecular formula is C15H24N4O4S. The molecule has 0 spiro atoms. The second kappa shape index (κ2) is 7.20. The maximum atomic E-state index is 12.6. The van der Waals surface area contributed by atoms with Gasteiger partial charge in [0.15, 0.2) is 0 Å². The molecular weight excluding hydrogens is 332 g/mol. The van der Waals surface area contributed by atoms with Crippen molar-refractivity contribution in [1.29, 1.82) is 0 Å². The van der Waals surface area contributed by atoms with Crippen LogP contribution < -0.4 is 0 Å². The number of nitrogens with zero attached hydrogens (tertiary/aromatic N) is 4. The van der Waals surface area contributed by atoms with E-state index in [-0.39, 0.29) is 12.3 Å². The molecule has 9 heteroatoms. The van der Waals surface area contributed by atoms with Crippen molar-refractivity contribution in [2.45, 2.75) is 32.6 Å². The third-order valence-electron chi connectivity index (χ3n) is 4.53. The van der Waals surface area contributed by atoms with Crippen LogP contribution in [0, 0.1) is 6.92 Å². The van der Waals surface area contributed by atoms with Crippen LogP contribution in [0.25, 0.3) is 0 Å². The molecule has 1 aromatic rings. The van der Waals surface area contributed by atoms with Crippen LogP contribution >= 0.6 is 0 Å². The molecule has 2 saturated heterocycles. The van der Waals surface area contributed by atoms with Crippen LogP contribution in [0.4, 0.5) is 0 Å².